The zero-order valence-electron chi connectivity index (χ0n) is 10.7. The summed E-state index contributed by atoms with van der Waals surface area (Å²) in [7, 11) is -3.69. The van der Waals surface area contributed by atoms with Crippen LogP contribution in [0.2, 0.25) is 0 Å². The molecule has 0 bridgehead atoms. The number of aryl methyl sites for hydroxylation is 1. The van der Waals surface area contributed by atoms with Crippen molar-refractivity contribution in [3.05, 3.63) is 12.4 Å². The number of nitrogens with one attached hydrogen (secondary N) is 1. The quantitative estimate of drug-likeness (QED) is 0.684. The highest BCUT2D eigenvalue weighted by Gasteiger charge is 2.21. The zero-order valence-corrected chi connectivity index (χ0v) is 11.5. The molecule has 1 aromatic heterocycles. The average Bonchev–Trinajstić information content (AvgIpc) is 2.86. The molecule has 0 amide bonds. The minimum atomic E-state index is -3.69. The second-order valence-corrected chi connectivity index (χ2v) is 5.94. The van der Waals surface area contributed by atoms with Gasteiger partial charge in [0.15, 0.2) is 0 Å². The summed E-state index contributed by atoms with van der Waals surface area (Å²) in [6, 6.07) is 0. The van der Waals surface area contributed by atoms with E-state index in [4.69, 9.17) is 9.84 Å². The maximum Gasteiger partial charge on any atom is 0.305 e. The molecule has 1 fully saturated rings. The highest BCUT2D eigenvalue weighted by atomic mass is 32.2. The average molecular weight is 304 g/mol. The summed E-state index contributed by atoms with van der Waals surface area (Å²) in [6.45, 7) is 2.03. The van der Waals surface area contributed by atoms with E-state index in [9.17, 15) is 13.2 Å². The van der Waals surface area contributed by atoms with Crippen molar-refractivity contribution in [2.45, 2.75) is 17.9 Å². The highest BCUT2D eigenvalue weighted by Crippen LogP contribution is 2.08. The lowest BCUT2D eigenvalue weighted by atomic mass is 10.4. The van der Waals surface area contributed by atoms with E-state index in [2.05, 4.69) is 9.93 Å². The van der Waals surface area contributed by atoms with Gasteiger partial charge in [0.25, 0.3) is 10.0 Å². The number of aliphatic carboxylic acids is 1. The molecule has 0 aliphatic carbocycles. The van der Waals surface area contributed by atoms with Gasteiger partial charge in [-0.3, -0.25) is 9.48 Å². The molecule has 0 radical (unpaired) electrons. The molecule has 2 N–H and O–H groups in total. The first-order valence-corrected chi connectivity index (χ1v) is 7.55. The van der Waals surface area contributed by atoms with Crippen molar-refractivity contribution in [1.29, 1.82) is 0 Å². The fraction of sp³-hybridized carbons (Fsp3) is 0.600. The third-order valence-electron chi connectivity index (χ3n) is 2.73. The molecule has 10 heteroatoms. The summed E-state index contributed by atoms with van der Waals surface area (Å²) >= 11 is 0. The summed E-state index contributed by atoms with van der Waals surface area (Å²) in [5.41, 5.74) is 0. The van der Waals surface area contributed by atoms with Crippen molar-refractivity contribution < 1.29 is 23.1 Å². The first-order valence-electron chi connectivity index (χ1n) is 6.07. The van der Waals surface area contributed by atoms with Crippen LogP contribution in [-0.2, 0) is 26.1 Å². The number of hydrogen-bond acceptors (Lipinski definition) is 6. The Morgan fingerprint density at radius 3 is 2.80 bits per heavy atom. The van der Waals surface area contributed by atoms with E-state index in [0.717, 1.165) is 0 Å². The number of carboxylic acids is 1. The van der Waals surface area contributed by atoms with Crippen LogP contribution in [0.1, 0.15) is 6.42 Å². The van der Waals surface area contributed by atoms with Gasteiger partial charge in [-0.1, -0.05) is 0 Å². The molecule has 2 rings (SSSR count). The van der Waals surface area contributed by atoms with Gasteiger partial charge >= 0.3 is 5.97 Å². The third-order valence-corrected chi connectivity index (χ3v) is 4.06. The Morgan fingerprint density at radius 1 is 1.45 bits per heavy atom. The number of sulfonamides is 1. The summed E-state index contributed by atoms with van der Waals surface area (Å²) < 4.78 is 30.6. The molecule has 0 spiro atoms. The van der Waals surface area contributed by atoms with Crippen molar-refractivity contribution >= 4 is 16.0 Å². The van der Waals surface area contributed by atoms with Gasteiger partial charge in [-0.25, -0.2) is 13.4 Å². The molecule has 0 aromatic carbocycles. The molecular formula is C10H16N4O5S. The highest BCUT2D eigenvalue weighted by molar-refractivity contribution is 7.89. The fourth-order valence-electron chi connectivity index (χ4n) is 1.69. The van der Waals surface area contributed by atoms with E-state index in [1.165, 1.54) is 17.1 Å². The van der Waals surface area contributed by atoms with Crippen LogP contribution in [0.25, 0.3) is 0 Å². The number of rotatable bonds is 6. The maximum absolute atomic E-state index is 12.1. The lowest BCUT2D eigenvalue weighted by Gasteiger charge is -2.26. The largest absolute Gasteiger partial charge is 0.481 e. The number of hydrogen-bond donors (Lipinski definition) is 2. The smallest absolute Gasteiger partial charge is 0.305 e. The lowest BCUT2D eigenvalue weighted by Crippen LogP contribution is -2.48. The third kappa shape index (κ3) is 4.00. The molecule has 1 aliphatic rings. The van der Waals surface area contributed by atoms with Crippen LogP contribution in [0.5, 0.6) is 0 Å². The Labute approximate surface area is 116 Å². The van der Waals surface area contributed by atoms with Crippen LogP contribution in [0.15, 0.2) is 17.3 Å². The van der Waals surface area contributed by atoms with Gasteiger partial charge in [-0.2, -0.15) is 5.10 Å². The van der Waals surface area contributed by atoms with Crippen LogP contribution in [0.4, 0.5) is 0 Å². The number of aromatic nitrogens is 2. The number of nitrogens with zero attached hydrogens (tertiary/aromatic N) is 3. The second-order valence-electron chi connectivity index (χ2n) is 4.28. The molecule has 9 nitrogen and oxygen atoms in total. The van der Waals surface area contributed by atoms with E-state index < -0.39 is 16.0 Å². The van der Waals surface area contributed by atoms with E-state index in [-0.39, 0.29) is 17.9 Å². The molecule has 1 aliphatic heterocycles. The number of morpholine rings is 1. The Bertz CT molecular complexity index is 564. The Balaban J connectivity index is 1.99. The normalized spacial score (nSPS) is 17.2. The predicted octanol–water partition coefficient (Wildman–Crippen LogP) is -1.12. The van der Waals surface area contributed by atoms with E-state index >= 15 is 0 Å². The van der Waals surface area contributed by atoms with Gasteiger partial charge < -0.3 is 9.84 Å². The summed E-state index contributed by atoms with van der Waals surface area (Å²) in [6.07, 6.45) is 2.40. The van der Waals surface area contributed by atoms with Gasteiger partial charge in [-0.15, -0.1) is 4.83 Å². The van der Waals surface area contributed by atoms with Crippen LogP contribution >= 0.6 is 0 Å². The Kier molecular flexibility index (Phi) is 4.70. The number of ether oxygens (including phenoxy) is 1. The molecule has 1 aromatic rings. The van der Waals surface area contributed by atoms with E-state index in [1.54, 1.807) is 5.01 Å². The monoisotopic (exact) mass is 304 g/mol. The lowest BCUT2D eigenvalue weighted by molar-refractivity contribution is -0.137. The summed E-state index contributed by atoms with van der Waals surface area (Å²) in [4.78, 5) is 12.9. The first kappa shape index (κ1) is 14.9. The first-order chi connectivity index (χ1) is 9.47. The van der Waals surface area contributed by atoms with Gasteiger partial charge in [0, 0.05) is 19.3 Å². The summed E-state index contributed by atoms with van der Waals surface area (Å²) in [5.74, 6) is -0.962. The Hall–Kier alpha value is -1.49. The molecule has 0 unspecified atom stereocenters. The minimum Gasteiger partial charge on any atom is -0.481 e. The van der Waals surface area contributed by atoms with Crippen molar-refractivity contribution in [1.82, 2.24) is 19.6 Å². The molecule has 112 valence electrons. The predicted molar refractivity (Wildman–Crippen MR) is 67.2 cm³/mol. The Morgan fingerprint density at radius 2 is 2.15 bits per heavy atom. The molecule has 2 heterocycles. The van der Waals surface area contributed by atoms with Crippen LogP contribution < -0.4 is 4.83 Å². The van der Waals surface area contributed by atoms with Crippen molar-refractivity contribution in [3.8, 4) is 0 Å². The standard InChI is InChI=1S/C10H16N4O5S/c15-10(16)1-2-14-8-9(7-11-14)20(17,18)12-13-3-5-19-6-4-13/h7-8,12H,1-6H2,(H,15,16). The molecule has 20 heavy (non-hydrogen) atoms. The van der Waals surface area contributed by atoms with E-state index in [0.29, 0.717) is 26.3 Å². The molecular weight excluding hydrogens is 288 g/mol. The summed E-state index contributed by atoms with van der Waals surface area (Å²) in [5, 5.41) is 14.0. The van der Waals surface area contributed by atoms with E-state index in [1.807, 2.05) is 0 Å². The van der Waals surface area contributed by atoms with Crippen molar-refractivity contribution in [2.75, 3.05) is 26.3 Å². The SMILES string of the molecule is O=C(O)CCn1cc(S(=O)(=O)NN2CCOCC2)cn1. The van der Waals surface area contributed by atoms with Crippen LogP contribution in [0, 0.1) is 0 Å². The van der Waals surface area contributed by atoms with Crippen LogP contribution in [-0.4, -0.2) is 60.6 Å². The molecule has 1 saturated heterocycles. The van der Waals surface area contributed by atoms with Crippen molar-refractivity contribution in [2.24, 2.45) is 0 Å². The number of hydrazine groups is 1. The maximum atomic E-state index is 12.1. The molecule has 0 saturated carbocycles. The molecule has 0 atom stereocenters. The van der Waals surface area contributed by atoms with Crippen molar-refractivity contribution in [3.63, 3.8) is 0 Å². The number of carboxylic acid groups (broad SMARTS) is 1. The topological polar surface area (TPSA) is 114 Å². The minimum absolute atomic E-state index is 0.00869. The zero-order chi connectivity index (χ0) is 14.6. The van der Waals surface area contributed by atoms with Gasteiger partial charge in [0.1, 0.15) is 4.90 Å². The number of carbonyl (C=O) groups is 1. The fourth-order valence-corrected chi connectivity index (χ4v) is 2.77. The van der Waals surface area contributed by atoms with Gasteiger partial charge in [-0.05, 0) is 0 Å². The second kappa shape index (κ2) is 6.31. The van der Waals surface area contributed by atoms with Crippen LogP contribution in [0.3, 0.4) is 0 Å². The van der Waals surface area contributed by atoms with Gasteiger partial charge in [0.05, 0.1) is 32.4 Å². The van der Waals surface area contributed by atoms with Gasteiger partial charge in [0.2, 0.25) is 0 Å².